The van der Waals surface area contributed by atoms with E-state index in [9.17, 15) is 0 Å². The van der Waals surface area contributed by atoms with Gasteiger partial charge in [-0.15, -0.1) is 0 Å². The molecule has 0 aromatic heterocycles. The minimum atomic E-state index is 0.485. The van der Waals surface area contributed by atoms with Gasteiger partial charge in [-0.3, -0.25) is 4.90 Å². The minimum Gasteiger partial charge on any atom is -0.383 e. The van der Waals surface area contributed by atoms with Gasteiger partial charge in [-0.05, 0) is 40.8 Å². The van der Waals surface area contributed by atoms with Crippen molar-refractivity contribution in [2.24, 2.45) is 0 Å². The summed E-state index contributed by atoms with van der Waals surface area (Å²) in [5.74, 6) is 0. The average Bonchev–Trinajstić information content (AvgIpc) is 2.17. The van der Waals surface area contributed by atoms with Crippen molar-refractivity contribution in [3.05, 3.63) is 0 Å². The molecule has 0 aromatic carbocycles. The number of nitrogens with zero attached hydrogens (tertiary/aromatic N) is 1. The summed E-state index contributed by atoms with van der Waals surface area (Å²) in [6.07, 6.45) is 1.18. The lowest BCUT2D eigenvalue weighted by Gasteiger charge is -2.32. The number of rotatable bonds is 8. The number of hydrogen-bond acceptors (Lipinski definition) is 3. The zero-order valence-corrected chi connectivity index (χ0v) is 11.2. The van der Waals surface area contributed by atoms with Crippen molar-refractivity contribution in [2.75, 3.05) is 27.3 Å². The maximum absolute atomic E-state index is 5.17. The van der Waals surface area contributed by atoms with E-state index in [2.05, 4.69) is 45.0 Å². The second-order valence-corrected chi connectivity index (χ2v) is 4.51. The summed E-state index contributed by atoms with van der Waals surface area (Å²) in [6.45, 7) is 10.7. The van der Waals surface area contributed by atoms with Gasteiger partial charge in [-0.1, -0.05) is 6.92 Å². The second kappa shape index (κ2) is 8.08. The van der Waals surface area contributed by atoms with Gasteiger partial charge in [0.1, 0.15) is 0 Å². The number of methoxy groups -OCH3 is 1. The standard InChI is InChI=1S/C12H28N2O/c1-7-13-10(2)8-11(3)14(5)12(4)9-15-6/h10-13H,7-9H2,1-6H3. The highest BCUT2D eigenvalue weighted by Crippen LogP contribution is 2.08. The molecule has 3 heteroatoms. The van der Waals surface area contributed by atoms with Gasteiger partial charge in [0.2, 0.25) is 0 Å². The van der Waals surface area contributed by atoms with Crippen molar-refractivity contribution in [3.63, 3.8) is 0 Å². The van der Waals surface area contributed by atoms with E-state index in [1.807, 2.05) is 0 Å². The van der Waals surface area contributed by atoms with Crippen molar-refractivity contribution in [1.82, 2.24) is 10.2 Å². The van der Waals surface area contributed by atoms with Gasteiger partial charge in [0, 0.05) is 25.2 Å². The first-order valence-corrected chi connectivity index (χ1v) is 5.97. The Balaban J connectivity index is 3.91. The fourth-order valence-corrected chi connectivity index (χ4v) is 1.90. The van der Waals surface area contributed by atoms with Gasteiger partial charge in [0.15, 0.2) is 0 Å². The third kappa shape index (κ3) is 6.13. The van der Waals surface area contributed by atoms with Crippen LogP contribution in [0.1, 0.15) is 34.1 Å². The van der Waals surface area contributed by atoms with E-state index in [-0.39, 0.29) is 0 Å². The largest absolute Gasteiger partial charge is 0.383 e. The van der Waals surface area contributed by atoms with Crippen LogP contribution in [-0.4, -0.2) is 50.3 Å². The van der Waals surface area contributed by atoms with Crippen LogP contribution in [0.25, 0.3) is 0 Å². The van der Waals surface area contributed by atoms with E-state index in [4.69, 9.17) is 4.74 Å². The zero-order chi connectivity index (χ0) is 11.8. The third-order valence-corrected chi connectivity index (χ3v) is 3.05. The van der Waals surface area contributed by atoms with Crippen molar-refractivity contribution < 1.29 is 4.74 Å². The van der Waals surface area contributed by atoms with Gasteiger partial charge < -0.3 is 10.1 Å². The van der Waals surface area contributed by atoms with Crippen molar-refractivity contribution in [1.29, 1.82) is 0 Å². The van der Waals surface area contributed by atoms with E-state index in [0.717, 1.165) is 13.2 Å². The van der Waals surface area contributed by atoms with Crippen molar-refractivity contribution in [2.45, 2.75) is 52.2 Å². The predicted molar refractivity (Wildman–Crippen MR) is 66.3 cm³/mol. The first-order chi connectivity index (χ1) is 7.02. The van der Waals surface area contributed by atoms with Crippen LogP contribution in [0.2, 0.25) is 0 Å². The Kier molecular flexibility index (Phi) is 8.02. The molecule has 0 saturated carbocycles. The van der Waals surface area contributed by atoms with Crippen LogP contribution in [0.3, 0.4) is 0 Å². The Morgan fingerprint density at radius 1 is 1.20 bits per heavy atom. The monoisotopic (exact) mass is 216 g/mol. The number of likely N-dealkylation sites (N-methyl/N-ethyl adjacent to an activating group) is 1. The van der Waals surface area contributed by atoms with Gasteiger partial charge in [0.25, 0.3) is 0 Å². The topological polar surface area (TPSA) is 24.5 Å². The Bertz CT molecular complexity index is 153. The predicted octanol–water partition coefficient (Wildman–Crippen LogP) is 1.73. The van der Waals surface area contributed by atoms with E-state index < -0.39 is 0 Å². The molecule has 1 N–H and O–H groups in total. The van der Waals surface area contributed by atoms with E-state index in [1.165, 1.54) is 6.42 Å². The van der Waals surface area contributed by atoms with Crippen LogP contribution < -0.4 is 5.32 Å². The van der Waals surface area contributed by atoms with Gasteiger partial charge in [0.05, 0.1) is 6.61 Å². The third-order valence-electron chi connectivity index (χ3n) is 3.05. The molecule has 0 fully saturated rings. The lowest BCUT2D eigenvalue weighted by Crippen LogP contribution is -2.42. The van der Waals surface area contributed by atoms with Crippen LogP contribution in [-0.2, 0) is 4.74 Å². The van der Waals surface area contributed by atoms with Crippen LogP contribution in [0.15, 0.2) is 0 Å². The molecular formula is C12H28N2O. The molecule has 0 spiro atoms. The Morgan fingerprint density at radius 2 is 1.80 bits per heavy atom. The van der Waals surface area contributed by atoms with E-state index >= 15 is 0 Å². The van der Waals surface area contributed by atoms with Crippen molar-refractivity contribution in [3.8, 4) is 0 Å². The molecule has 0 bridgehead atoms. The minimum absolute atomic E-state index is 0.485. The quantitative estimate of drug-likeness (QED) is 0.669. The summed E-state index contributed by atoms with van der Waals surface area (Å²) in [5.41, 5.74) is 0. The fraction of sp³-hybridized carbons (Fsp3) is 1.00. The molecule has 0 amide bonds. The lowest BCUT2D eigenvalue weighted by atomic mass is 10.1. The molecule has 0 aliphatic carbocycles. The summed E-state index contributed by atoms with van der Waals surface area (Å²) >= 11 is 0. The Morgan fingerprint density at radius 3 is 2.27 bits per heavy atom. The molecular weight excluding hydrogens is 188 g/mol. The normalized spacial score (nSPS) is 17.8. The summed E-state index contributed by atoms with van der Waals surface area (Å²) in [6, 6.07) is 1.66. The Hall–Kier alpha value is -0.120. The molecule has 3 unspecified atom stereocenters. The average molecular weight is 216 g/mol. The van der Waals surface area contributed by atoms with Crippen LogP contribution in [0, 0.1) is 0 Å². The van der Waals surface area contributed by atoms with E-state index in [1.54, 1.807) is 7.11 Å². The molecule has 0 radical (unpaired) electrons. The molecule has 0 aliphatic heterocycles. The summed E-state index contributed by atoms with van der Waals surface area (Å²) in [4.78, 5) is 2.39. The zero-order valence-electron chi connectivity index (χ0n) is 11.2. The van der Waals surface area contributed by atoms with Crippen LogP contribution in [0.5, 0.6) is 0 Å². The fourth-order valence-electron chi connectivity index (χ4n) is 1.90. The summed E-state index contributed by atoms with van der Waals surface area (Å²) < 4.78 is 5.17. The molecule has 3 atom stereocenters. The smallest absolute Gasteiger partial charge is 0.0615 e. The number of hydrogen-bond donors (Lipinski definition) is 1. The molecule has 0 saturated heterocycles. The summed E-state index contributed by atoms with van der Waals surface area (Å²) in [7, 11) is 3.93. The van der Waals surface area contributed by atoms with E-state index in [0.29, 0.717) is 18.1 Å². The highest BCUT2D eigenvalue weighted by Gasteiger charge is 2.17. The Labute approximate surface area is 95.2 Å². The maximum Gasteiger partial charge on any atom is 0.0615 e. The number of nitrogens with one attached hydrogen (secondary N) is 1. The SMILES string of the molecule is CCNC(C)CC(C)N(C)C(C)COC. The first kappa shape index (κ1) is 14.9. The molecule has 0 heterocycles. The molecule has 0 aromatic rings. The van der Waals surface area contributed by atoms with Gasteiger partial charge >= 0.3 is 0 Å². The lowest BCUT2D eigenvalue weighted by molar-refractivity contribution is 0.0885. The van der Waals surface area contributed by atoms with Crippen LogP contribution in [0.4, 0.5) is 0 Å². The highest BCUT2D eigenvalue weighted by atomic mass is 16.5. The second-order valence-electron chi connectivity index (χ2n) is 4.51. The molecule has 0 aliphatic rings. The molecule has 15 heavy (non-hydrogen) atoms. The first-order valence-electron chi connectivity index (χ1n) is 5.97. The highest BCUT2D eigenvalue weighted by molar-refractivity contribution is 4.74. The van der Waals surface area contributed by atoms with Gasteiger partial charge in [-0.25, -0.2) is 0 Å². The number of ether oxygens (including phenoxy) is 1. The summed E-state index contributed by atoms with van der Waals surface area (Å²) in [5, 5.41) is 3.44. The molecule has 3 nitrogen and oxygen atoms in total. The molecule has 0 rings (SSSR count). The van der Waals surface area contributed by atoms with Crippen molar-refractivity contribution >= 4 is 0 Å². The maximum atomic E-state index is 5.17. The van der Waals surface area contributed by atoms with Crippen LogP contribution >= 0.6 is 0 Å². The van der Waals surface area contributed by atoms with Gasteiger partial charge in [-0.2, -0.15) is 0 Å². The molecule has 92 valence electrons.